The monoisotopic (exact) mass is 379 g/mol. The molecule has 0 aromatic heterocycles. The number of hydrogen-bond acceptors (Lipinski definition) is 6. The van der Waals surface area contributed by atoms with Crippen molar-refractivity contribution < 1.29 is 18.1 Å². The first-order chi connectivity index (χ1) is 12.2. The van der Waals surface area contributed by atoms with Crippen LogP contribution < -0.4 is 9.46 Å². The van der Waals surface area contributed by atoms with E-state index in [0.717, 1.165) is 11.6 Å². The molecule has 0 spiro atoms. The van der Waals surface area contributed by atoms with Crippen LogP contribution in [0, 0.1) is 10.1 Å². The Morgan fingerprint density at radius 3 is 2.38 bits per heavy atom. The molecule has 8 nitrogen and oxygen atoms in total. The van der Waals surface area contributed by atoms with Crippen LogP contribution in [0.25, 0.3) is 0 Å². The van der Waals surface area contributed by atoms with Gasteiger partial charge in [0, 0.05) is 18.7 Å². The van der Waals surface area contributed by atoms with Crippen molar-refractivity contribution in [3.05, 3.63) is 64.2 Å². The van der Waals surface area contributed by atoms with E-state index in [2.05, 4.69) is 4.72 Å². The number of non-ortho nitro benzene ring substituents is 1. The summed E-state index contributed by atoms with van der Waals surface area (Å²) in [6.45, 7) is 0.417. The summed E-state index contributed by atoms with van der Waals surface area (Å²) >= 11 is 0. The lowest BCUT2D eigenvalue weighted by atomic mass is 10.1. The number of methoxy groups -OCH3 is 1. The minimum absolute atomic E-state index is 0.0414. The second-order valence-electron chi connectivity index (χ2n) is 5.94. The third kappa shape index (κ3) is 4.78. The lowest BCUT2D eigenvalue weighted by Gasteiger charge is -2.23. The first-order valence-electron chi connectivity index (χ1n) is 7.79. The molecule has 1 atom stereocenters. The van der Waals surface area contributed by atoms with Gasteiger partial charge in [-0.05, 0) is 25.7 Å². The maximum atomic E-state index is 12.9. The standard InChI is InChI=1S/C17H21N3O5S/c1-19(2)12-15(13-7-5-4-6-8-13)18-26(23,24)17-11-14(20(21)22)9-10-16(17)25-3/h4-11,15,18H,12H2,1-3H3. The zero-order valence-corrected chi connectivity index (χ0v) is 15.6. The van der Waals surface area contributed by atoms with Gasteiger partial charge in [0.25, 0.3) is 5.69 Å². The Morgan fingerprint density at radius 2 is 1.85 bits per heavy atom. The number of hydrogen-bond donors (Lipinski definition) is 1. The number of nitrogens with one attached hydrogen (secondary N) is 1. The zero-order valence-electron chi connectivity index (χ0n) is 14.7. The van der Waals surface area contributed by atoms with Crippen molar-refractivity contribution in [1.29, 1.82) is 0 Å². The number of nitro groups is 1. The fourth-order valence-electron chi connectivity index (χ4n) is 2.50. The number of ether oxygens (including phenoxy) is 1. The van der Waals surface area contributed by atoms with Gasteiger partial charge in [0.15, 0.2) is 0 Å². The van der Waals surface area contributed by atoms with Gasteiger partial charge in [-0.15, -0.1) is 0 Å². The van der Waals surface area contributed by atoms with Crippen LogP contribution in [0.5, 0.6) is 5.75 Å². The van der Waals surface area contributed by atoms with Crippen LogP contribution in [0.2, 0.25) is 0 Å². The van der Waals surface area contributed by atoms with Gasteiger partial charge >= 0.3 is 0 Å². The molecule has 140 valence electrons. The summed E-state index contributed by atoms with van der Waals surface area (Å²) in [5, 5.41) is 11.0. The second kappa shape index (κ2) is 8.26. The van der Waals surface area contributed by atoms with E-state index in [1.54, 1.807) is 0 Å². The Labute approximate surface area is 152 Å². The summed E-state index contributed by atoms with van der Waals surface area (Å²) in [7, 11) is 0.919. The van der Waals surface area contributed by atoms with E-state index in [4.69, 9.17) is 4.74 Å². The Bertz CT molecular complexity index is 869. The SMILES string of the molecule is COc1ccc([N+](=O)[O-])cc1S(=O)(=O)NC(CN(C)C)c1ccccc1. The van der Waals surface area contributed by atoms with Crippen LogP contribution in [-0.2, 0) is 10.0 Å². The molecule has 0 saturated carbocycles. The van der Waals surface area contributed by atoms with Crippen molar-refractivity contribution in [3.63, 3.8) is 0 Å². The van der Waals surface area contributed by atoms with Gasteiger partial charge in [-0.25, -0.2) is 13.1 Å². The van der Waals surface area contributed by atoms with Crippen LogP contribution in [0.4, 0.5) is 5.69 Å². The third-order valence-electron chi connectivity index (χ3n) is 3.69. The summed E-state index contributed by atoms with van der Waals surface area (Å²) < 4.78 is 33.5. The van der Waals surface area contributed by atoms with Crippen LogP contribution >= 0.6 is 0 Å². The van der Waals surface area contributed by atoms with Crippen LogP contribution in [0.3, 0.4) is 0 Å². The van der Waals surface area contributed by atoms with E-state index in [0.29, 0.717) is 6.54 Å². The largest absolute Gasteiger partial charge is 0.495 e. The Hall–Kier alpha value is -2.49. The molecule has 1 N–H and O–H groups in total. The normalized spacial score (nSPS) is 12.8. The average Bonchev–Trinajstić information content (AvgIpc) is 2.60. The topological polar surface area (TPSA) is 102 Å². The minimum atomic E-state index is -4.06. The highest BCUT2D eigenvalue weighted by Crippen LogP contribution is 2.29. The molecule has 26 heavy (non-hydrogen) atoms. The predicted molar refractivity (Wildman–Crippen MR) is 97.7 cm³/mol. The molecule has 2 rings (SSSR count). The number of likely N-dealkylation sites (N-methyl/N-ethyl adjacent to an activating group) is 1. The molecule has 0 aliphatic heterocycles. The smallest absolute Gasteiger partial charge is 0.271 e. The van der Waals surface area contributed by atoms with Crippen molar-refractivity contribution in [2.75, 3.05) is 27.7 Å². The van der Waals surface area contributed by atoms with Gasteiger partial charge in [0.05, 0.1) is 18.1 Å². The van der Waals surface area contributed by atoms with Crippen molar-refractivity contribution in [2.45, 2.75) is 10.9 Å². The highest BCUT2D eigenvalue weighted by Gasteiger charge is 2.27. The van der Waals surface area contributed by atoms with Crippen LogP contribution in [0.1, 0.15) is 11.6 Å². The van der Waals surface area contributed by atoms with Crippen molar-refractivity contribution in [1.82, 2.24) is 9.62 Å². The molecule has 2 aromatic carbocycles. The first kappa shape index (κ1) is 19.8. The quantitative estimate of drug-likeness (QED) is 0.557. The van der Waals surface area contributed by atoms with Gasteiger partial charge in [-0.3, -0.25) is 10.1 Å². The number of nitrogens with zero attached hydrogens (tertiary/aromatic N) is 2. The first-order valence-corrected chi connectivity index (χ1v) is 9.27. The predicted octanol–water partition coefficient (Wildman–Crippen LogP) is 2.18. The zero-order chi connectivity index (χ0) is 19.3. The van der Waals surface area contributed by atoms with E-state index in [9.17, 15) is 18.5 Å². The lowest BCUT2D eigenvalue weighted by molar-refractivity contribution is -0.385. The third-order valence-corrected chi connectivity index (χ3v) is 5.19. The highest BCUT2D eigenvalue weighted by atomic mass is 32.2. The molecule has 0 aliphatic carbocycles. The van der Waals surface area contributed by atoms with Crippen molar-refractivity contribution in [2.24, 2.45) is 0 Å². The van der Waals surface area contributed by atoms with E-state index in [1.165, 1.54) is 19.2 Å². The van der Waals surface area contributed by atoms with Gasteiger partial charge in [-0.1, -0.05) is 30.3 Å². The summed E-state index contributed by atoms with van der Waals surface area (Å²) in [6.07, 6.45) is 0. The van der Waals surface area contributed by atoms with Crippen molar-refractivity contribution in [3.8, 4) is 5.75 Å². The number of sulfonamides is 1. The molecule has 0 heterocycles. The van der Waals surface area contributed by atoms with Gasteiger partial charge in [-0.2, -0.15) is 0 Å². The molecule has 0 bridgehead atoms. The fourth-order valence-corrected chi connectivity index (χ4v) is 3.91. The average molecular weight is 379 g/mol. The maximum Gasteiger partial charge on any atom is 0.271 e. The molecule has 1 unspecified atom stereocenters. The van der Waals surface area contributed by atoms with E-state index < -0.39 is 21.0 Å². The highest BCUT2D eigenvalue weighted by molar-refractivity contribution is 7.89. The van der Waals surface area contributed by atoms with E-state index in [-0.39, 0.29) is 16.3 Å². The Morgan fingerprint density at radius 1 is 1.19 bits per heavy atom. The molecule has 0 aliphatic rings. The molecule has 0 radical (unpaired) electrons. The Kier molecular flexibility index (Phi) is 6.30. The van der Waals surface area contributed by atoms with Crippen LogP contribution in [-0.4, -0.2) is 46.0 Å². The molecule has 2 aromatic rings. The second-order valence-corrected chi connectivity index (χ2v) is 7.62. The molecule has 0 fully saturated rings. The molecule has 0 saturated heterocycles. The van der Waals surface area contributed by atoms with Crippen molar-refractivity contribution >= 4 is 15.7 Å². The van der Waals surface area contributed by atoms with E-state index >= 15 is 0 Å². The summed E-state index contributed by atoms with van der Waals surface area (Å²) in [5.74, 6) is 0.0414. The minimum Gasteiger partial charge on any atom is -0.495 e. The number of nitro benzene ring substituents is 1. The van der Waals surface area contributed by atoms with Gasteiger partial charge in [0.2, 0.25) is 10.0 Å². The lowest BCUT2D eigenvalue weighted by Crippen LogP contribution is -2.35. The summed E-state index contributed by atoms with van der Waals surface area (Å²) in [4.78, 5) is 11.9. The van der Waals surface area contributed by atoms with Gasteiger partial charge < -0.3 is 9.64 Å². The van der Waals surface area contributed by atoms with E-state index in [1.807, 2.05) is 49.3 Å². The number of rotatable bonds is 8. The number of benzene rings is 2. The molecular formula is C17H21N3O5S. The molecular weight excluding hydrogens is 358 g/mol. The molecule has 0 amide bonds. The fraction of sp³-hybridized carbons (Fsp3) is 0.294. The summed E-state index contributed by atoms with van der Waals surface area (Å²) in [5.41, 5.74) is 0.462. The Balaban J connectivity index is 2.45. The van der Waals surface area contributed by atoms with Gasteiger partial charge in [0.1, 0.15) is 10.6 Å². The molecule has 9 heteroatoms. The summed E-state index contributed by atoms with van der Waals surface area (Å²) in [6, 6.07) is 12.1. The maximum absolute atomic E-state index is 12.9. The van der Waals surface area contributed by atoms with Crippen LogP contribution in [0.15, 0.2) is 53.4 Å².